The Balaban J connectivity index is 2.70. The number of nitrogens with zero attached hydrogens (tertiary/aromatic N) is 1. The van der Waals surface area contributed by atoms with Crippen LogP contribution < -0.4 is 5.32 Å². The predicted molar refractivity (Wildman–Crippen MR) is 80.0 cm³/mol. The van der Waals surface area contributed by atoms with E-state index in [0.29, 0.717) is 18.7 Å². The first-order valence-corrected chi connectivity index (χ1v) is 8.73. The van der Waals surface area contributed by atoms with Crippen molar-refractivity contribution in [2.75, 3.05) is 38.7 Å². The minimum absolute atomic E-state index is 0.111. The summed E-state index contributed by atoms with van der Waals surface area (Å²) in [5.74, 6) is -0.130. The largest absolute Gasteiger partial charge is 0.309 e. The van der Waals surface area contributed by atoms with Crippen molar-refractivity contribution >= 4 is 9.84 Å². The van der Waals surface area contributed by atoms with Crippen molar-refractivity contribution in [3.63, 3.8) is 0 Å². The summed E-state index contributed by atoms with van der Waals surface area (Å²) < 4.78 is 36.2. The second-order valence-corrected chi connectivity index (χ2v) is 7.28. The van der Waals surface area contributed by atoms with Crippen LogP contribution in [-0.2, 0) is 9.84 Å². The molecule has 6 heteroatoms. The number of likely N-dealkylation sites (N-methyl/N-ethyl adjacent to an activating group) is 2. The molecule has 1 rings (SSSR count). The standard InChI is InChI=1S/C14H23FN2O2S/c1-4-16-14(12-7-5-6-8-13(12)15)11-17(2)9-10-20(3,18)19/h5-8,14,16H,4,9-11H2,1-3H3. The Morgan fingerprint density at radius 2 is 2.00 bits per heavy atom. The SMILES string of the molecule is CCNC(CN(C)CCS(C)(=O)=O)c1ccccc1F. The lowest BCUT2D eigenvalue weighted by Gasteiger charge is -2.25. The fourth-order valence-corrected chi connectivity index (χ4v) is 2.64. The summed E-state index contributed by atoms with van der Waals surface area (Å²) in [6.45, 7) is 3.68. The fourth-order valence-electron chi connectivity index (χ4n) is 2.00. The number of halogens is 1. The van der Waals surface area contributed by atoms with Crippen molar-refractivity contribution in [3.8, 4) is 0 Å². The lowest BCUT2D eigenvalue weighted by atomic mass is 10.1. The van der Waals surface area contributed by atoms with Crippen LogP contribution in [0.25, 0.3) is 0 Å². The van der Waals surface area contributed by atoms with Gasteiger partial charge in [-0.2, -0.15) is 0 Å². The molecule has 0 spiro atoms. The second-order valence-electron chi connectivity index (χ2n) is 5.02. The molecule has 1 aromatic rings. The molecule has 0 aliphatic carbocycles. The zero-order chi connectivity index (χ0) is 15.2. The number of rotatable bonds is 8. The predicted octanol–water partition coefficient (Wildman–Crippen LogP) is 1.45. The van der Waals surface area contributed by atoms with E-state index in [4.69, 9.17) is 0 Å². The lowest BCUT2D eigenvalue weighted by Crippen LogP contribution is -2.35. The third kappa shape index (κ3) is 5.98. The van der Waals surface area contributed by atoms with Gasteiger partial charge in [-0.1, -0.05) is 25.1 Å². The van der Waals surface area contributed by atoms with Gasteiger partial charge in [0.05, 0.1) is 5.75 Å². The zero-order valence-corrected chi connectivity index (χ0v) is 13.1. The minimum Gasteiger partial charge on any atom is -0.309 e. The highest BCUT2D eigenvalue weighted by atomic mass is 32.2. The summed E-state index contributed by atoms with van der Waals surface area (Å²) >= 11 is 0. The molecule has 20 heavy (non-hydrogen) atoms. The van der Waals surface area contributed by atoms with Gasteiger partial charge in [-0.05, 0) is 19.7 Å². The zero-order valence-electron chi connectivity index (χ0n) is 12.3. The number of benzene rings is 1. The number of hydrogen-bond acceptors (Lipinski definition) is 4. The van der Waals surface area contributed by atoms with E-state index < -0.39 is 9.84 Å². The van der Waals surface area contributed by atoms with Crippen LogP contribution in [0.3, 0.4) is 0 Å². The van der Waals surface area contributed by atoms with E-state index in [1.807, 2.05) is 18.9 Å². The first-order chi connectivity index (χ1) is 9.33. The van der Waals surface area contributed by atoms with Gasteiger partial charge < -0.3 is 10.2 Å². The third-order valence-electron chi connectivity index (χ3n) is 3.07. The first-order valence-electron chi connectivity index (χ1n) is 6.67. The molecule has 0 aliphatic heterocycles. The Labute approximate surface area is 120 Å². The van der Waals surface area contributed by atoms with Crippen LogP contribution in [0.4, 0.5) is 4.39 Å². The second kappa shape index (κ2) is 7.71. The molecule has 114 valence electrons. The molecule has 0 amide bonds. The summed E-state index contributed by atoms with van der Waals surface area (Å²) in [6.07, 6.45) is 1.22. The first kappa shape index (κ1) is 17.1. The molecule has 0 heterocycles. The summed E-state index contributed by atoms with van der Waals surface area (Å²) in [5.41, 5.74) is 0.612. The van der Waals surface area contributed by atoms with Crippen LogP contribution in [0.15, 0.2) is 24.3 Å². The maximum atomic E-state index is 13.8. The van der Waals surface area contributed by atoms with E-state index in [2.05, 4.69) is 5.32 Å². The average molecular weight is 302 g/mol. The van der Waals surface area contributed by atoms with Gasteiger partial charge in [-0.15, -0.1) is 0 Å². The molecule has 1 atom stereocenters. The van der Waals surface area contributed by atoms with Crippen LogP contribution >= 0.6 is 0 Å². The van der Waals surface area contributed by atoms with E-state index >= 15 is 0 Å². The van der Waals surface area contributed by atoms with E-state index in [1.54, 1.807) is 18.2 Å². The van der Waals surface area contributed by atoms with Gasteiger partial charge in [-0.25, -0.2) is 12.8 Å². The quantitative estimate of drug-likeness (QED) is 0.790. The molecule has 0 saturated carbocycles. The van der Waals surface area contributed by atoms with Crippen LogP contribution in [0.5, 0.6) is 0 Å². The molecule has 0 bridgehead atoms. The van der Waals surface area contributed by atoms with E-state index in [0.717, 1.165) is 6.54 Å². The molecule has 0 aromatic heterocycles. The third-order valence-corrected chi connectivity index (χ3v) is 3.99. The van der Waals surface area contributed by atoms with Gasteiger partial charge in [0.15, 0.2) is 0 Å². The number of sulfone groups is 1. The topological polar surface area (TPSA) is 49.4 Å². The highest BCUT2D eigenvalue weighted by molar-refractivity contribution is 7.90. The summed E-state index contributed by atoms with van der Waals surface area (Å²) in [5, 5.41) is 3.24. The van der Waals surface area contributed by atoms with Crippen LogP contribution in [0.2, 0.25) is 0 Å². The molecule has 1 aromatic carbocycles. The van der Waals surface area contributed by atoms with E-state index in [-0.39, 0.29) is 17.6 Å². The van der Waals surface area contributed by atoms with Crippen molar-refractivity contribution in [1.29, 1.82) is 0 Å². The van der Waals surface area contributed by atoms with Crippen LogP contribution in [0, 0.1) is 5.82 Å². The molecule has 1 unspecified atom stereocenters. The monoisotopic (exact) mass is 302 g/mol. The Morgan fingerprint density at radius 1 is 1.35 bits per heavy atom. The minimum atomic E-state index is -2.98. The Bertz CT molecular complexity index is 520. The smallest absolute Gasteiger partial charge is 0.148 e. The molecular formula is C14H23FN2O2S. The lowest BCUT2D eigenvalue weighted by molar-refractivity contribution is 0.302. The molecule has 0 fully saturated rings. The number of hydrogen-bond donors (Lipinski definition) is 1. The maximum Gasteiger partial charge on any atom is 0.148 e. The van der Waals surface area contributed by atoms with Crippen LogP contribution in [-0.4, -0.2) is 52.0 Å². The van der Waals surface area contributed by atoms with Gasteiger partial charge in [0, 0.05) is 31.0 Å². The van der Waals surface area contributed by atoms with Crippen molar-refractivity contribution in [2.24, 2.45) is 0 Å². The molecule has 0 aliphatic rings. The van der Waals surface area contributed by atoms with Crippen LogP contribution in [0.1, 0.15) is 18.5 Å². The van der Waals surface area contributed by atoms with E-state index in [1.165, 1.54) is 12.3 Å². The van der Waals surface area contributed by atoms with Crippen molar-refractivity contribution in [3.05, 3.63) is 35.6 Å². The van der Waals surface area contributed by atoms with Gasteiger partial charge in [0.2, 0.25) is 0 Å². The summed E-state index contributed by atoms with van der Waals surface area (Å²) in [6, 6.07) is 6.52. The Hall–Kier alpha value is -0.980. The molecular weight excluding hydrogens is 279 g/mol. The van der Waals surface area contributed by atoms with Gasteiger partial charge in [0.1, 0.15) is 15.7 Å². The van der Waals surface area contributed by atoms with E-state index in [9.17, 15) is 12.8 Å². The average Bonchev–Trinajstić information content (AvgIpc) is 2.36. The summed E-state index contributed by atoms with van der Waals surface area (Å²) in [4.78, 5) is 1.90. The maximum absolute atomic E-state index is 13.8. The highest BCUT2D eigenvalue weighted by Gasteiger charge is 2.17. The van der Waals surface area contributed by atoms with Crippen molar-refractivity contribution in [1.82, 2.24) is 10.2 Å². The van der Waals surface area contributed by atoms with Crippen molar-refractivity contribution in [2.45, 2.75) is 13.0 Å². The van der Waals surface area contributed by atoms with Gasteiger partial charge in [-0.3, -0.25) is 0 Å². The molecule has 1 N–H and O–H groups in total. The Morgan fingerprint density at radius 3 is 2.55 bits per heavy atom. The fraction of sp³-hybridized carbons (Fsp3) is 0.571. The Kier molecular flexibility index (Phi) is 6.58. The number of nitrogens with one attached hydrogen (secondary N) is 1. The van der Waals surface area contributed by atoms with Gasteiger partial charge >= 0.3 is 0 Å². The van der Waals surface area contributed by atoms with Crippen molar-refractivity contribution < 1.29 is 12.8 Å². The van der Waals surface area contributed by atoms with Gasteiger partial charge in [0.25, 0.3) is 0 Å². The molecule has 4 nitrogen and oxygen atoms in total. The normalized spacial score (nSPS) is 13.7. The molecule has 0 radical (unpaired) electrons. The summed E-state index contributed by atoms with van der Waals surface area (Å²) in [7, 11) is -1.13. The molecule has 0 saturated heterocycles. The highest BCUT2D eigenvalue weighted by Crippen LogP contribution is 2.17.